The number of rotatable bonds is 2. The van der Waals surface area contributed by atoms with Gasteiger partial charge in [0.15, 0.2) is 0 Å². The SMILES string of the molecule is Cc1c(N)cc(Br)cc1S(=O)(=O)N1CCC(C)C(O)C1. The van der Waals surface area contributed by atoms with E-state index < -0.39 is 16.1 Å². The first-order chi connectivity index (χ1) is 9.23. The summed E-state index contributed by atoms with van der Waals surface area (Å²) in [7, 11) is -3.63. The van der Waals surface area contributed by atoms with Gasteiger partial charge in [-0.05, 0) is 37.0 Å². The summed E-state index contributed by atoms with van der Waals surface area (Å²) >= 11 is 3.27. The molecule has 1 fully saturated rings. The first-order valence-corrected chi connectivity index (χ1v) is 8.70. The second kappa shape index (κ2) is 5.63. The number of hydrogen-bond donors (Lipinski definition) is 2. The van der Waals surface area contributed by atoms with Crippen LogP contribution in [0.15, 0.2) is 21.5 Å². The van der Waals surface area contributed by atoms with Crippen LogP contribution in [0.1, 0.15) is 18.9 Å². The van der Waals surface area contributed by atoms with Gasteiger partial charge in [0, 0.05) is 23.2 Å². The Hall–Kier alpha value is -0.630. The molecule has 0 spiro atoms. The Kier molecular flexibility index (Phi) is 4.44. The number of nitrogens with two attached hydrogens (primary N) is 1. The van der Waals surface area contributed by atoms with Gasteiger partial charge in [-0.1, -0.05) is 22.9 Å². The Morgan fingerprint density at radius 3 is 2.70 bits per heavy atom. The van der Waals surface area contributed by atoms with Crippen LogP contribution in [-0.2, 0) is 10.0 Å². The summed E-state index contributed by atoms with van der Waals surface area (Å²) in [6, 6.07) is 3.24. The third-order valence-electron chi connectivity index (χ3n) is 3.86. The molecule has 2 unspecified atom stereocenters. The van der Waals surface area contributed by atoms with Crippen LogP contribution in [0.25, 0.3) is 0 Å². The lowest BCUT2D eigenvalue weighted by Crippen LogP contribution is -2.45. The van der Waals surface area contributed by atoms with Crippen LogP contribution in [-0.4, -0.2) is 37.0 Å². The number of hydrogen-bond acceptors (Lipinski definition) is 4. The highest BCUT2D eigenvalue weighted by atomic mass is 79.9. The minimum atomic E-state index is -3.63. The van der Waals surface area contributed by atoms with Gasteiger partial charge in [-0.3, -0.25) is 0 Å². The normalized spacial score (nSPS) is 24.8. The highest BCUT2D eigenvalue weighted by molar-refractivity contribution is 9.10. The average Bonchev–Trinajstić information content (AvgIpc) is 2.36. The molecule has 0 bridgehead atoms. The Morgan fingerprint density at radius 2 is 2.10 bits per heavy atom. The van der Waals surface area contributed by atoms with Crippen molar-refractivity contribution in [2.45, 2.75) is 31.3 Å². The third kappa shape index (κ3) is 2.86. The number of sulfonamides is 1. The highest BCUT2D eigenvalue weighted by Gasteiger charge is 2.33. The highest BCUT2D eigenvalue weighted by Crippen LogP contribution is 2.30. The lowest BCUT2D eigenvalue weighted by atomic mass is 9.98. The lowest BCUT2D eigenvalue weighted by molar-refractivity contribution is 0.0605. The van der Waals surface area contributed by atoms with Crippen molar-refractivity contribution in [3.63, 3.8) is 0 Å². The van der Waals surface area contributed by atoms with E-state index in [1.165, 1.54) is 4.31 Å². The summed E-state index contributed by atoms with van der Waals surface area (Å²) < 4.78 is 27.4. The molecule has 7 heteroatoms. The molecule has 2 atom stereocenters. The zero-order chi connectivity index (χ0) is 15.1. The maximum Gasteiger partial charge on any atom is 0.243 e. The molecule has 20 heavy (non-hydrogen) atoms. The van der Waals surface area contributed by atoms with Gasteiger partial charge in [0.05, 0.1) is 11.0 Å². The predicted molar refractivity (Wildman–Crippen MR) is 81.8 cm³/mol. The standard InChI is InChI=1S/C13H19BrN2O3S/c1-8-3-4-16(7-12(8)17)20(18,19)13-6-10(14)5-11(15)9(13)2/h5-6,8,12,17H,3-4,7,15H2,1-2H3. The van der Waals surface area contributed by atoms with Crippen molar-refractivity contribution in [2.75, 3.05) is 18.8 Å². The van der Waals surface area contributed by atoms with Gasteiger partial charge in [0.1, 0.15) is 0 Å². The van der Waals surface area contributed by atoms with Gasteiger partial charge in [-0.15, -0.1) is 0 Å². The number of nitrogen functional groups attached to an aromatic ring is 1. The summed E-state index contributed by atoms with van der Waals surface area (Å²) in [5.41, 5.74) is 6.81. The molecule has 1 aromatic carbocycles. The van der Waals surface area contributed by atoms with Gasteiger partial charge in [0.2, 0.25) is 10.0 Å². The van der Waals surface area contributed by atoms with E-state index in [0.717, 1.165) is 0 Å². The van der Waals surface area contributed by atoms with Crippen LogP contribution < -0.4 is 5.73 Å². The van der Waals surface area contributed by atoms with Gasteiger partial charge < -0.3 is 10.8 Å². The predicted octanol–water partition coefficient (Wildman–Crippen LogP) is 1.73. The lowest BCUT2D eigenvalue weighted by Gasteiger charge is -2.33. The Morgan fingerprint density at radius 1 is 1.45 bits per heavy atom. The largest absolute Gasteiger partial charge is 0.398 e. The Balaban J connectivity index is 2.41. The van der Waals surface area contributed by atoms with Crippen molar-refractivity contribution in [1.29, 1.82) is 0 Å². The van der Waals surface area contributed by atoms with E-state index >= 15 is 0 Å². The molecule has 1 aliphatic heterocycles. The van der Waals surface area contributed by atoms with E-state index in [1.807, 2.05) is 6.92 Å². The van der Waals surface area contributed by atoms with Gasteiger partial charge in [-0.2, -0.15) is 4.31 Å². The average molecular weight is 363 g/mol. The fourth-order valence-electron chi connectivity index (χ4n) is 2.32. The van der Waals surface area contributed by atoms with E-state index in [1.54, 1.807) is 19.1 Å². The molecule has 5 nitrogen and oxygen atoms in total. The van der Waals surface area contributed by atoms with Crippen LogP contribution in [0.5, 0.6) is 0 Å². The zero-order valence-corrected chi connectivity index (χ0v) is 13.9. The van der Waals surface area contributed by atoms with E-state index in [4.69, 9.17) is 5.73 Å². The minimum Gasteiger partial charge on any atom is -0.398 e. The molecule has 0 amide bonds. The topological polar surface area (TPSA) is 83.6 Å². The fraction of sp³-hybridized carbons (Fsp3) is 0.538. The number of benzene rings is 1. The molecule has 0 aromatic heterocycles. The monoisotopic (exact) mass is 362 g/mol. The second-order valence-corrected chi connectivity index (χ2v) is 8.14. The van der Waals surface area contributed by atoms with Crippen LogP contribution in [0.4, 0.5) is 5.69 Å². The van der Waals surface area contributed by atoms with Crippen LogP contribution in [0.2, 0.25) is 0 Å². The van der Waals surface area contributed by atoms with E-state index in [9.17, 15) is 13.5 Å². The van der Waals surface area contributed by atoms with Crippen molar-refractivity contribution >= 4 is 31.6 Å². The zero-order valence-electron chi connectivity index (χ0n) is 11.5. The van der Waals surface area contributed by atoms with Gasteiger partial charge >= 0.3 is 0 Å². The molecule has 0 saturated carbocycles. The molecule has 2 rings (SSSR count). The van der Waals surface area contributed by atoms with Crippen molar-refractivity contribution in [3.05, 3.63) is 22.2 Å². The molecule has 1 aromatic rings. The molecular formula is C13H19BrN2O3S. The van der Waals surface area contributed by atoms with Crippen molar-refractivity contribution in [1.82, 2.24) is 4.31 Å². The van der Waals surface area contributed by atoms with Crippen LogP contribution >= 0.6 is 15.9 Å². The summed E-state index contributed by atoms with van der Waals surface area (Å²) in [6.45, 7) is 4.18. The maximum absolute atomic E-state index is 12.7. The number of aliphatic hydroxyl groups is 1. The molecule has 1 aliphatic rings. The minimum absolute atomic E-state index is 0.120. The first-order valence-electron chi connectivity index (χ1n) is 6.47. The molecular weight excluding hydrogens is 344 g/mol. The number of piperidine rings is 1. The quantitative estimate of drug-likeness (QED) is 0.784. The Labute approximate surface area is 128 Å². The van der Waals surface area contributed by atoms with E-state index in [2.05, 4.69) is 15.9 Å². The summed E-state index contributed by atoms with van der Waals surface area (Å²) in [5.74, 6) is 0.120. The molecule has 1 saturated heterocycles. The van der Waals surface area contributed by atoms with Crippen LogP contribution in [0.3, 0.4) is 0 Å². The van der Waals surface area contributed by atoms with Gasteiger partial charge in [0.25, 0.3) is 0 Å². The molecule has 0 aliphatic carbocycles. The Bertz CT molecular complexity index is 618. The molecule has 112 valence electrons. The van der Waals surface area contributed by atoms with Crippen molar-refractivity contribution in [3.8, 4) is 0 Å². The molecule has 3 N–H and O–H groups in total. The molecule has 0 radical (unpaired) electrons. The van der Waals surface area contributed by atoms with E-state index in [-0.39, 0.29) is 17.4 Å². The smallest absolute Gasteiger partial charge is 0.243 e. The molecule has 1 heterocycles. The second-order valence-electron chi connectivity index (χ2n) is 5.31. The van der Waals surface area contributed by atoms with Crippen molar-refractivity contribution in [2.24, 2.45) is 5.92 Å². The summed E-state index contributed by atoms with van der Waals surface area (Å²) in [5, 5.41) is 9.90. The van der Waals surface area contributed by atoms with Crippen LogP contribution in [0, 0.1) is 12.8 Å². The number of anilines is 1. The fourth-order valence-corrected chi connectivity index (χ4v) is 4.70. The number of halogens is 1. The number of β-amino-alcohol motifs (C(OH)–C–C–N with tert-alkyl or cyclic N) is 1. The number of nitrogens with zero attached hydrogens (tertiary/aromatic N) is 1. The maximum atomic E-state index is 12.7. The summed E-state index contributed by atoms with van der Waals surface area (Å²) in [4.78, 5) is 0.200. The van der Waals surface area contributed by atoms with Crippen molar-refractivity contribution < 1.29 is 13.5 Å². The number of aliphatic hydroxyl groups excluding tert-OH is 1. The van der Waals surface area contributed by atoms with E-state index in [0.29, 0.717) is 28.7 Å². The first kappa shape index (κ1) is 15.8. The summed E-state index contributed by atoms with van der Waals surface area (Å²) in [6.07, 6.45) is 0.0338. The van der Waals surface area contributed by atoms with Gasteiger partial charge in [-0.25, -0.2) is 8.42 Å². The third-order valence-corrected chi connectivity index (χ3v) is 6.31.